The van der Waals surface area contributed by atoms with E-state index in [0.29, 0.717) is 6.04 Å². The predicted octanol–water partition coefficient (Wildman–Crippen LogP) is 2.91. The maximum absolute atomic E-state index is 11.7. The summed E-state index contributed by atoms with van der Waals surface area (Å²) in [7, 11) is 0. The predicted molar refractivity (Wildman–Crippen MR) is 90.1 cm³/mol. The Bertz CT molecular complexity index is 612. The second kappa shape index (κ2) is 7.49. The van der Waals surface area contributed by atoms with Gasteiger partial charge >= 0.3 is 5.97 Å². The second-order valence-electron chi connectivity index (χ2n) is 6.25. The van der Waals surface area contributed by atoms with Crippen molar-refractivity contribution in [1.82, 2.24) is 9.88 Å². The minimum absolute atomic E-state index is 0.0876. The van der Waals surface area contributed by atoms with Crippen molar-refractivity contribution in [2.24, 2.45) is 0 Å². The summed E-state index contributed by atoms with van der Waals surface area (Å²) in [5, 5.41) is 2.75. The Morgan fingerprint density at radius 3 is 2.74 bits per heavy atom. The first-order valence-electron chi connectivity index (χ1n) is 8.25. The van der Waals surface area contributed by atoms with Gasteiger partial charge in [0.1, 0.15) is 0 Å². The molecule has 1 aromatic heterocycles. The SMILES string of the molecule is CC[C@@H](C)NC(=O)COC(=O)/C=C/c1cc(C)n(C2CC2)c1C. The number of amides is 1. The molecule has 126 valence electrons. The molecule has 0 aliphatic heterocycles. The summed E-state index contributed by atoms with van der Waals surface area (Å²) < 4.78 is 7.29. The van der Waals surface area contributed by atoms with Gasteiger partial charge in [-0.15, -0.1) is 0 Å². The monoisotopic (exact) mass is 318 g/mol. The maximum Gasteiger partial charge on any atom is 0.331 e. The normalized spacial score (nSPS) is 15.7. The standard InChI is InChI=1S/C18H26N2O3/c1-5-12(2)19-17(21)11-23-18(22)9-6-15-10-13(3)20(14(15)4)16-7-8-16/h6,9-10,12,16H,5,7-8,11H2,1-4H3,(H,19,21)/b9-6+/t12-/m1/s1. The molecule has 5 nitrogen and oxygen atoms in total. The van der Waals surface area contributed by atoms with Crippen LogP contribution in [0.1, 0.15) is 56.1 Å². The van der Waals surface area contributed by atoms with E-state index >= 15 is 0 Å². The highest BCUT2D eigenvalue weighted by Crippen LogP contribution is 2.38. The van der Waals surface area contributed by atoms with E-state index in [2.05, 4.69) is 29.8 Å². The first-order valence-corrected chi connectivity index (χ1v) is 8.25. The van der Waals surface area contributed by atoms with E-state index in [1.807, 2.05) is 13.8 Å². The van der Waals surface area contributed by atoms with Crippen LogP contribution in [0.25, 0.3) is 6.08 Å². The fourth-order valence-electron chi connectivity index (χ4n) is 2.63. The van der Waals surface area contributed by atoms with E-state index in [1.54, 1.807) is 6.08 Å². The third kappa shape index (κ3) is 4.71. The van der Waals surface area contributed by atoms with E-state index < -0.39 is 5.97 Å². The van der Waals surface area contributed by atoms with Gasteiger partial charge in [-0.3, -0.25) is 4.79 Å². The highest BCUT2D eigenvalue weighted by atomic mass is 16.5. The van der Waals surface area contributed by atoms with Crippen molar-refractivity contribution in [2.45, 2.75) is 59.0 Å². The lowest BCUT2D eigenvalue weighted by molar-refractivity contribution is -0.144. The van der Waals surface area contributed by atoms with Crippen LogP contribution in [0, 0.1) is 13.8 Å². The quantitative estimate of drug-likeness (QED) is 0.621. The third-order valence-electron chi connectivity index (χ3n) is 4.20. The Morgan fingerprint density at radius 1 is 1.43 bits per heavy atom. The fourth-order valence-corrected chi connectivity index (χ4v) is 2.63. The zero-order valence-corrected chi connectivity index (χ0v) is 14.4. The summed E-state index contributed by atoms with van der Waals surface area (Å²) in [5.41, 5.74) is 3.41. The van der Waals surface area contributed by atoms with E-state index in [0.717, 1.165) is 12.0 Å². The third-order valence-corrected chi connectivity index (χ3v) is 4.20. The Morgan fingerprint density at radius 2 is 2.13 bits per heavy atom. The molecule has 1 saturated carbocycles. The topological polar surface area (TPSA) is 60.3 Å². The molecule has 1 amide bonds. The van der Waals surface area contributed by atoms with Crippen LogP contribution in [0.15, 0.2) is 12.1 Å². The molecule has 0 saturated heterocycles. The van der Waals surface area contributed by atoms with E-state index in [9.17, 15) is 9.59 Å². The number of nitrogens with one attached hydrogen (secondary N) is 1. The van der Waals surface area contributed by atoms with Gasteiger partial charge in [0.15, 0.2) is 6.61 Å². The molecule has 1 heterocycles. The number of rotatable bonds is 7. The van der Waals surface area contributed by atoms with Crippen LogP contribution in [0.3, 0.4) is 0 Å². The molecule has 1 aliphatic rings. The molecule has 1 aliphatic carbocycles. The Balaban J connectivity index is 1.87. The van der Waals surface area contributed by atoms with Gasteiger partial charge in [0.05, 0.1) is 0 Å². The number of esters is 1. The van der Waals surface area contributed by atoms with E-state index in [1.165, 1.54) is 30.3 Å². The summed E-state index contributed by atoms with van der Waals surface area (Å²) in [5.74, 6) is -0.770. The van der Waals surface area contributed by atoms with Crippen LogP contribution in [-0.4, -0.2) is 29.1 Å². The first-order chi connectivity index (χ1) is 10.9. The average Bonchev–Trinajstić information content (AvgIpc) is 3.29. The largest absolute Gasteiger partial charge is 0.452 e. The minimum Gasteiger partial charge on any atom is -0.452 e. The van der Waals surface area contributed by atoms with Crippen LogP contribution in [0.5, 0.6) is 0 Å². The van der Waals surface area contributed by atoms with Crippen LogP contribution in [0.4, 0.5) is 0 Å². The van der Waals surface area contributed by atoms with Gasteiger partial charge in [0, 0.05) is 29.5 Å². The highest BCUT2D eigenvalue weighted by molar-refractivity contribution is 5.89. The van der Waals surface area contributed by atoms with Crippen molar-refractivity contribution in [3.63, 3.8) is 0 Å². The first kappa shape index (κ1) is 17.3. The molecule has 23 heavy (non-hydrogen) atoms. The van der Waals surface area contributed by atoms with Crippen LogP contribution < -0.4 is 5.32 Å². The summed E-state index contributed by atoms with van der Waals surface area (Å²) in [6, 6.07) is 2.78. The summed E-state index contributed by atoms with van der Waals surface area (Å²) >= 11 is 0. The zero-order valence-electron chi connectivity index (χ0n) is 14.4. The second-order valence-corrected chi connectivity index (χ2v) is 6.25. The van der Waals surface area contributed by atoms with Crippen LogP contribution in [-0.2, 0) is 14.3 Å². The smallest absolute Gasteiger partial charge is 0.331 e. The number of carbonyl (C=O) groups excluding carboxylic acids is 2. The lowest BCUT2D eigenvalue weighted by Gasteiger charge is -2.10. The summed E-state index contributed by atoms with van der Waals surface area (Å²) in [6.45, 7) is 7.80. The molecule has 0 spiro atoms. The maximum atomic E-state index is 11.7. The van der Waals surface area contributed by atoms with Gasteiger partial charge in [-0.1, -0.05) is 6.92 Å². The number of carbonyl (C=O) groups is 2. The molecule has 1 aromatic rings. The number of aryl methyl sites for hydroxylation is 1. The summed E-state index contributed by atoms with van der Waals surface area (Å²) in [6.07, 6.45) is 6.45. The van der Waals surface area contributed by atoms with Gasteiger partial charge in [0.2, 0.25) is 0 Å². The molecule has 0 bridgehead atoms. The molecule has 1 N–H and O–H groups in total. The summed E-state index contributed by atoms with van der Waals surface area (Å²) in [4.78, 5) is 23.3. The molecular weight excluding hydrogens is 292 g/mol. The van der Waals surface area contributed by atoms with Crippen molar-refractivity contribution >= 4 is 18.0 Å². The molecular formula is C18H26N2O3. The molecule has 0 aromatic carbocycles. The van der Waals surface area contributed by atoms with Crippen molar-refractivity contribution in [2.75, 3.05) is 6.61 Å². The molecule has 2 rings (SSSR count). The number of aromatic nitrogens is 1. The number of nitrogens with zero attached hydrogens (tertiary/aromatic N) is 1. The molecule has 5 heteroatoms. The van der Waals surface area contributed by atoms with E-state index in [-0.39, 0.29) is 18.6 Å². The van der Waals surface area contributed by atoms with Crippen molar-refractivity contribution in [1.29, 1.82) is 0 Å². The van der Waals surface area contributed by atoms with Gasteiger partial charge in [-0.2, -0.15) is 0 Å². The van der Waals surface area contributed by atoms with Gasteiger partial charge in [0.25, 0.3) is 5.91 Å². The molecule has 1 fully saturated rings. The highest BCUT2D eigenvalue weighted by Gasteiger charge is 2.26. The lowest BCUT2D eigenvalue weighted by atomic mass is 10.2. The van der Waals surface area contributed by atoms with Gasteiger partial charge in [-0.05, 0) is 57.7 Å². The molecule has 0 radical (unpaired) electrons. The fraction of sp³-hybridized carbons (Fsp3) is 0.556. The minimum atomic E-state index is -0.500. The van der Waals surface area contributed by atoms with Gasteiger partial charge < -0.3 is 14.6 Å². The van der Waals surface area contributed by atoms with Gasteiger partial charge in [-0.25, -0.2) is 4.79 Å². The van der Waals surface area contributed by atoms with Crippen LogP contribution in [0.2, 0.25) is 0 Å². The van der Waals surface area contributed by atoms with Crippen molar-refractivity contribution < 1.29 is 14.3 Å². The number of hydrogen-bond acceptors (Lipinski definition) is 3. The Labute approximate surface area is 137 Å². The number of ether oxygens (including phenoxy) is 1. The van der Waals surface area contributed by atoms with E-state index in [4.69, 9.17) is 4.74 Å². The average molecular weight is 318 g/mol. The molecule has 1 atom stereocenters. The number of hydrogen-bond donors (Lipinski definition) is 1. The Hall–Kier alpha value is -2.04. The Kier molecular flexibility index (Phi) is 5.64. The van der Waals surface area contributed by atoms with Crippen molar-refractivity contribution in [3.05, 3.63) is 29.1 Å². The zero-order chi connectivity index (χ0) is 17.0. The van der Waals surface area contributed by atoms with Crippen molar-refractivity contribution in [3.8, 4) is 0 Å². The molecule has 0 unspecified atom stereocenters. The lowest BCUT2D eigenvalue weighted by Crippen LogP contribution is -2.35. The van der Waals surface area contributed by atoms with Crippen LogP contribution >= 0.6 is 0 Å².